The minimum Gasteiger partial charge on any atom is -0.244 e. The number of hydrogen-bond acceptors (Lipinski definition) is 0. The molecule has 0 aromatic rings. The van der Waals surface area contributed by atoms with Crippen LogP contribution in [0.3, 0.4) is 0 Å². The Labute approximate surface area is 189 Å². The third kappa shape index (κ3) is 4.00. The number of rotatable bonds is 12. The minimum atomic E-state index is -9.52. The lowest BCUT2D eigenvalue weighted by atomic mass is 9.84. The predicted molar refractivity (Wildman–Crippen MR) is 65.9 cm³/mol. The molecule has 0 atom stereocenters. The molecule has 1 radical (unpaired) electrons. The van der Waals surface area contributed by atoms with Crippen LogP contribution in [-0.4, -0.2) is 71.8 Å². The molecule has 0 fully saturated rings. The Kier molecular flexibility index (Phi) is 8.47. The van der Waals surface area contributed by atoms with Crippen LogP contribution >= 0.6 is 0 Å². The summed E-state index contributed by atoms with van der Waals surface area (Å²) in [6, 6.07) is 0. The van der Waals surface area contributed by atoms with Gasteiger partial charge in [0.15, 0.2) is 6.67 Å². The van der Waals surface area contributed by atoms with Crippen molar-refractivity contribution in [3.63, 3.8) is 0 Å². The average Bonchev–Trinajstić information content (AvgIpc) is 2.71. The maximum atomic E-state index is 13.4. The first kappa shape index (κ1) is 36.2. The van der Waals surface area contributed by atoms with E-state index in [2.05, 4.69) is 0 Å². The summed E-state index contributed by atoms with van der Waals surface area (Å²) in [5.41, 5.74) is 0. The van der Waals surface area contributed by atoms with Gasteiger partial charge < -0.3 is 0 Å². The molecule has 0 N–H and O–H groups in total. The SMILES string of the molecule is FCC(F)(F)C(F)(F)C(F)(F)C(F)(F)C(F)(F)C(F)(F)C(F)(F)C(F)(F)C(F)(F)C(F)(F)C(F)(F)[C](F)F. The van der Waals surface area contributed by atoms with Crippen molar-refractivity contribution in [3.05, 3.63) is 6.43 Å². The first-order chi connectivity index (χ1) is 16.0. The van der Waals surface area contributed by atoms with Crippen LogP contribution in [0, 0.1) is 6.43 Å². The molecule has 0 rings (SSSR count). The van der Waals surface area contributed by atoms with Crippen molar-refractivity contribution in [2.24, 2.45) is 0 Å². The van der Waals surface area contributed by atoms with Gasteiger partial charge in [-0.2, -0.15) is 105 Å². The topological polar surface area (TPSA) is 0 Å². The molecule has 0 amide bonds. The molecule has 0 aliphatic rings. The summed E-state index contributed by atoms with van der Waals surface area (Å²) in [7, 11) is 0. The molecular formula is C13H2F25. The Hall–Kier alpha value is -1.75. The quantitative estimate of drug-likeness (QED) is 0.190. The Morgan fingerprint density at radius 2 is 0.500 bits per heavy atom. The predicted octanol–water partition coefficient (Wildman–Crippen LogP) is 8.37. The summed E-state index contributed by atoms with van der Waals surface area (Å²) in [6.07, 6.45) is -5.36. The average molecular weight is 633 g/mol. The molecule has 0 bridgehead atoms. The minimum absolute atomic E-state index is 4.22. The highest BCUT2D eigenvalue weighted by Gasteiger charge is 2.99. The lowest BCUT2D eigenvalue weighted by Gasteiger charge is -2.45. The van der Waals surface area contributed by atoms with Crippen LogP contribution in [0.4, 0.5) is 110 Å². The molecule has 0 aliphatic carbocycles. The van der Waals surface area contributed by atoms with E-state index in [0.717, 1.165) is 0 Å². The standard InChI is InChI=1S/C13H2F25/c14-1-3(17,18)5(21,22)7(25,26)9(29,30)11(33,34)13(37,38)12(35,36)10(31,32)8(27,28)6(23,24)4(19,20)2(15)16/h1H2. The molecular weight excluding hydrogens is 631 g/mol. The zero-order chi connectivity index (χ0) is 31.8. The Morgan fingerprint density at radius 1 is 0.316 bits per heavy atom. The highest BCUT2D eigenvalue weighted by molar-refractivity contribution is 5.20. The summed E-state index contributed by atoms with van der Waals surface area (Å²) in [4.78, 5) is 0. The van der Waals surface area contributed by atoms with E-state index >= 15 is 0 Å². The van der Waals surface area contributed by atoms with Crippen molar-refractivity contribution < 1.29 is 110 Å². The Bertz CT molecular complexity index is 847. The van der Waals surface area contributed by atoms with Gasteiger partial charge in [-0.15, -0.1) is 0 Å². The zero-order valence-corrected chi connectivity index (χ0v) is 16.2. The van der Waals surface area contributed by atoms with E-state index in [9.17, 15) is 110 Å². The van der Waals surface area contributed by atoms with Gasteiger partial charge in [0.25, 0.3) is 0 Å². The van der Waals surface area contributed by atoms with Crippen LogP contribution in [0.15, 0.2) is 0 Å². The van der Waals surface area contributed by atoms with Gasteiger partial charge in [0, 0.05) is 0 Å². The first-order valence-corrected chi connectivity index (χ1v) is 7.91. The van der Waals surface area contributed by atoms with Crippen LogP contribution < -0.4 is 0 Å². The second kappa shape index (κ2) is 8.88. The van der Waals surface area contributed by atoms with Gasteiger partial charge in [0.2, 0.25) is 0 Å². The van der Waals surface area contributed by atoms with Crippen molar-refractivity contribution in [3.8, 4) is 0 Å². The molecule has 0 nitrogen and oxygen atoms in total. The van der Waals surface area contributed by atoms with Gasteiger partial charge in [-0.1, -0.05) is 0 Å². The van der Waals surface area contributed by atoms with E-state index in [1.165, 1.54) is 0 Å². The van der Waals surface area contributed by atoms with Crippen molar-refractivity contribution in [2.45, 2.75) is 65.1 Å². The van der Waals surface area contributed by atoms with Crippen molar-refractivity contribution in [2.75, 3.05) is 6.67 Å². The van der Waals surface area contributed by atoms with E-state index < -0.39 is 78.2 Å². The van der Waals surface area contributed by atoms with Crippen molar-refractivity contribution in [1.82, 2.24) is 0 Å². The first-order valence-electron chi connectivity index (χ1n) is 7.91. The monoisotopic (exact) mass is 633 g/mol. The molecule has 0 saturated carbocycles. The summed E-state index contributed by atoms with van der Waals surface area (Å²) in [6.45, 7) is -4.22. The van der Waals surface area contributed by atoms with Crippen molar-refractivity contribution >= 4 is 0 Å². The third-order valence-electron chi connectivity index (χ3n) is 4.41. The van der Waals surface area contributed by atoms with Crippen LogP contribution in [-0.2, 0) is 0 Å². The highest BCUT2D eigenvalue weighted by atomic mass is 19.4. The van der Waals surface area contributed by atoms with E-state index in [-0.39, 0.29) is 0 Å². The summed E-state index contributed by atoms with van der Waals surface area (Å²) >= 11 is 0. The van der Waals surface area contributed by atoms with Crippen LogP contribution in [0.5, 0.6) is 0 Å². The molecule has 0 aliphatic heterocycles. The Morgan fingerprint density at radius 3 is 0.684 bits per heavy atom. The van der Waals surface area contributed by atoms with Gasteiger partial charge in [-0.3, -0.25) is 0 Å². The molecule has 38 heavy (non-hydrogen) atoms. The van der Waals surface area contributed by atoms with E-state index in [4.69, 9.17) is 0 Å². The normalized spacial score (nSPS) is 16.9. The fourth-order valence-electron chi connectivity index (χ4n) is 2.01. The zero-order valence-electron chi connectivity index (χ0n) is 16.2. The molecule has 0 unspecified atom stereocenters. The maximum Gasteiger partial charge on any atom is 0.385 e. The van der Waals surface area contributed by atoms with Crippen LogP contribution in [0.2, 0.25) is 0 Å². The molecule has 0 saturated heterocycles. The van der Waals surface area contributed by atoms with Gasteiger partial charge in [-0.25, -0.2) is 4.39 Å². The van der Waals surface area contributed by atoms with Crippen LogP contribution in [0.1, 0.15) is 0 Å². The number of hydrogen-bond donors (Lipinski definition) is 0. The smallest absolute Gasteiger partial charge is 0.244 e. The fourth-order valence-corrected chi connectivity index (χ4v) is 2.01. The van der Waals surface area contributed by atoms with Crippen LogP contribution in [0.25, 0.3) is 0 Å². The maximum absolute atomic E-state index is 13.4. The van der Waals surface area contributed by atoms with Crippen molar-refractivity contribution in [1.29, 1.82) is 0 Å². The molecule has 0 aromatic heterocycles. The van der Waals surface area contributed by atoms with Gasteiger partial charge in [0.1, 0.15) is 0 Å². The number of alkyl halides is 23. The summed E-state index contributed by atoms with van der Waals surface area (Å²) < 4.78 is 324. The third-order valence-corrected chi connectivity index (χ3v) is 4.41. The largest absolute Gasteiger partial charge is 0.385 e. The van der Waals surface area contributed by atoms with E-state index in [0.29, 0.717) is 0 Å². The molecule has 25 heteroatoms. The molecule has 0 aromatic carbocycles. The second-order valence-corrected chi connectivity index (χ2v) is 6.84. The molecule has 0 heterocycles. The number of halogens is 25. The van der Waals surface area contributed by atoms with Gasteiger partial charge >= 0.3 is 71.6 Å². The van der Waals surface area contributed by atoms with Gasteiger partial charge in [0.05, 0.1) is 0 Å². The lowest BCUT2D eigenvalue weighted by Crippen LogP contribution is -2.78. The lowest BCUT2D eigenvalue weighted by molar-refractivity contribution is -0.474. The Balaban J connectivity index is 7.25. The highest BCUT2D eigenvalue weighted by Crippen LogP contribution is 2.67. The summed E-state index contributed by atoms with van der Waals surface area (Å²) in [5, 5.41) is 0. The fraction of sp³-hybridized carbons (Fsp3) is 0.923. The second-order valence-electron chi connectivity index (χ2n) is 6.84. The molecule has 0 spiro atoms. The van der Waals surface area contributed by atoms with E-state index in [1.54, 1.807) is 0 Å². The van der Waals surface area contributed by atoms with Gasteiger partial charge in [-0.05, 0) is 0 Å². The summed E-state index contributed by atoms with van der Waals surface area (Å²) in [5.74, 6) is -97.5. The van der Waals surface area contributed by atoms with E-state index in [1.807, 2.05) is 0 Å². The molecule has 229 valence electrons.